The van der Waals surface area contributed by atoms with Crippen molar-refractivity contribution in [1.29, 1.82) is 0 Å². The molecular weight excluding hydrogens is 318 g/mol. The summed E-state index contributed by atoms with van der Waals surface area (Å²) in [5, 5.41) is 0. The van der Waals surface area contributed by atoms with Crippen LogP contribution < -0.4 is 4.74 Å². The minimum Gasteiger partial charge on any atom is -0.491 e. The van der Waals surface area contributed by atoms with Gasteiger partial charge in [-0.2, -0.15) is 0 Å². The molecule has 3 nitrogen and oxygen atoms in total. The number of hydrogen-bond acceptors (Lipinski definition) is 3. The molecule has 1 aromatic carbocycles. The van der Waals surface area contributed by atoms with Crippen molar-refractivity contribution >= 4 is 15.9 Å². The lowest BCUT2D eigenvalue weighted by Gasteiger charge is -2.35. The second kappa shape index (κ2) is 6.92. The van der Waals surface area contributed by atoms with Gasteiger partial charge in [0.25, 0.3) is 0 Å². The lowest BCUT2D eigenvalue weighted by molar-refractivity contribution is -0.0699. The molecule has 0 aromatic heterocycles. The highest BCUT2D eigenvalue weighted by Crippen LogP contribution is 2.30. The van der Waals surface area contributed by atoms with E-state index in [9.17, 15) is 0 Å². The Hall–Kier alpha value is -0.580. The van der Waals surface area contributed by atoms with E-state index >= 15 is 0 Å². The van der Waals surface area contributed by atoms with Crippen molar-refractivity contribution in [3.8, 4) is 5.75 Å². The quantitative estimate of drug-likeness (QED) is 0.835. The minimum atomic E-state index is 0.312. The molecule has 4 heteroatoms. The topological polar surface area (TPSA) is 21.7 Å². The number of nitrogens with zero attached hydrogens (tertiary/aromatic N) is 1. The molecular formula is C16H24BrNO2. The highest BCUT2D eigenvalue weighted by Gasteiger charge is 2.21. The van der Waals surface area contributed by atoms with Crippen molar-refractivity contribution < 1.29 is 9.47 Å². The van der Waals surface area contributed by atoms with Crippen LogP contribution in [0.15, 0.2) is 16.6 Å². The largest absolute Gasteiger partial charge is 0.491 e. The fourth-order valence-corrected chi connectivity index (χ4v) is 3.62. The molecule has 1 saturated heterocycles. The summed E-state index contributed by atoms with van der Waals surface area (Å²) in [5.41, 5.74) is 2.43. The molecule has 1 aliphatic rings. The number of rotatable bonds is 4. The van der Waals surface area contributed by atoms with Gasteiger partial charge in [-0.1, -0.05) is 6.07 Å². The molecule has 0 spiro atoms. The van der Waals surface area contributed by atoms with E-state index in [1.807, 2.05) is 0 Å². The van der Waals surface area contributed by atoms with Crippen molar-refractivity contribution in [1.82, 2.24) is 4.90 Å². The zero-order valence-electron chi connectivity index (χ0n) is 12.8. The van der Waals surface area contributed by atoms with Crippen LogP contribution in [0, 0.1) is 13.8 Å². The van der Waals surface area contributed by atoms with Crippen molar-refractivity contribution in [2.24, 2.45) is 0 Å². The molecule has 1 aliphatic heterocycles. The summed E-state index contributed by atoms with van der Waals surface area (Å²) in [6.45, 7) is 12.1. The summed E-state index contributed by atoms with van der Waals surface area (Å²) in [4.78, 5) is 2.41. The van der Waals surface area contributed by atoms with Gasteiger partial charge in [0.15, 0.2) is 0 Å². The van der Waals surface area contributed by atoms with Gasteiger partial charge in [-0.05, 0) is 60.8 Å². The van der Waals surface area contributed by atoms with Crippen molar-refractivity contribution in [2.45, 2.75) is 39.9 Å². The van der Waals surface area contributed by atoms with Crippen LogP contribution in [-0.2, 0) is 4.74 Å². The predicted molar refractivity (Wildman–Crippen MR) is 85.6 cm³/mol. The Morgan fingerprint density at radius 2 is 1.90 bits per heavy atom. The molecule has 0 bridgehead atoms. The molecule has 2 atom stereocenters. The SMILES string of the molecule is Cc1cc(C)c(OCCN2C[C@@H](C)O[C@H](C)C2)c(Br)c1. The first-order valence-electron chi connectivity index (χ1n) is 7.23. The predicted octanol–water partition coefficient (Wildman–Crippen LogP) is 3.55. The number of hydrogen-bond donors (Lipinski definition) is 0. The van der Waals surface area contributed by atoms with E-state index in [2.05, 4.69) is 60.7 Å². The van der Waals surface area contributed by atoms with E-state index in [1.54, 1.807) is 0 Å². The van der Waals surface area contributed by atoms with Crippen LogP contribution in [0.4, 0.5) is 0 Å². The summed E-state index contributed by atoms with van der Waals surface area (Å²) in [7, 11) is 0. The Morgan fingerprint density at radius 3 is 2.50 bits per heavy atom. The Bertz CT molecular complexity index is 431. The Kier molecular flexibility index (Phi) is 5.47. The summed E-state index contributed by atoms with van der Waals surface area (Å²) in [6.07, 6.45) is 0.623. The summed E-state index contributed by atoms with van der Waals surface area (Å²) in [5.74, 6) is 0.963. The maximum atomic E-state index is 5.97. The van der Waals surface area contributed by atoms with Gasteiger partial charge in [-0.15, -0.1) is 0 Å². The summed E-state index contributed by atoms with van der Waals surface area (Å²) >= 11 is 3.58. The molecule has 0 unspecified atom stereocenters. The van der Waals surface area contributed by atoms with Crippen LogP contribution in [0.1, 0.15) is 25.0 Å². The van der Waals surface area contributed by atoms with Crippen molar-refractivity contribution in [3.05, 3.63) is 27.7 Å². The highest BCUT2D eigenvalue weighted by molar-refractivity contribution is 9.10. The van der Waals surface area contributed by atoms with E-state index in [1.165, 1.54) is 11.1 Å². The molecule has 0 amide bonds. The lowest BCUT2D eigenvalue weighted by Crippen LogP contribution is -2.46. The molecule has 0 radical (unpaired) electrons. The Balaban J connectivity index is 1.87. The smallest absolute Gasteiger partial charge is 0.136 e. The molecule has 0 saturated carbocycles. The van der Waals surface area contributed by atoms with E-state index in [-0.39, 0.29) is 0 Å². The number of halogens is 1. The minimum absolute atomic E-state index is 0.312. The Morgan fingerprint density at radius 1 is 1.25 bits per heavy atom. The second-order valence-electron chi connectivity index (χ2n) is 5.76. The average molecular weight is 342 g/mol. The van der Waals surface area contributed by atoms with Gasteiger partial charge in [0.05, 0.1) is 16.7 Å². The molecule has 1 aromatic rings. The third-order valence-electron chi connectivity index (χ3n) is 3.52. The molecule has 0 N–H and O–H groups in total. The van der Waals surface area contributed by atoms with E-state index in [4.69, 9.17) is 9.47 Å². The third kappa shape index (κ3) is 4.21. The first-order chi connectivity index (χ1) is 9.45. The van der Waals surface area contributed by atoms with Gasteiger partial charge in [-0.3, -0.25) is 4.90 Å². The number of ether oxygens (including phenoxy) is 2. The fourth-order valence-electron chi connectivity index (χ4n) is 2.83. The first-order valence-corrected chi connectivity index (χ1v) is 8.02. The van der Waals surface area contributed by atoms with Crippen LogP contribution >= 0.6 is 15.9 Å². The molecule has 0 aliphatic carbocycles. The standard InChI is InChI=1S/C16H24BrNO2/c1-11-7-12(2)16(15(17)8-11)19-6-5-18-9-13(3)20-14(4)10-18/h7-8,13-14H,5-6,9-10H2,1-4H3/t13-,14-/m1/s1. The van der Waals surface area contributed by atoms with Crippen LogP contribution in [0.25, 0.3) is 0 Å². The van der Waals surface area contributed by atoms with Gasteiger partial charge in [0.2, 0.25) is 0 Å². The lowest BCUT2D eigenvalue weighted by atomic mass is 10.1. The monoisotopic (exact) mass is 341 g/mol. The Labute approximate surface area is 130 Å². The number of morpholine rings is 1. The first kappa shape index (κ1) is 15.8. The summed E-state index contributed by atoms with van der Waals surface area (Å²) < 4.78 is 12.7. The van der Waals surface area contributed by atoms with Crippen LogP contribution in [-0.4, -0.2) is 43.3 Å². The third-order valence-corrected chi connectivity index (χ3v) is 4.11. The molecule has 2 rings (SSSR count). The van der Waals surface area contributed by atoms with E-state index in [0.29, 0.717) is 18.8 Å². The van der Waals surface area contributed by atoms with Crippen molar-refractivity contribution in [2.75, 3.05) is 26.2 Å². The van der Waals surface area contributed by atoms with E-state index in [0.717, 1.165) is 29.9 Å². The van der Waals surface area contributed by atoms with Crippen molar-refractivity contribution in [3.63, 3.8) is 0 Å². The fraction of sp³-hybridized carbons (Fsp3) is 0.625. The molecule has 1 heterocycles. The van der Waals surface area contributed by atoms with Gasteiger partial charge in [-0.25, -0.2) is 0 Å². The van der Waals surface area contributed by atoms with Gasteiger partial charge >= 0.3 is 0 Å². The zero-order valence-corrected chi connectivity index (χ0v) is 14.4. The van der Waals surface area contributed by atoms with Crippen LogP contribution in [0.5, 0.6) is 5.75 Å². The highest BCUT2D eigenvalue weighted by atomic mass is 79.9. The maximum Gasteiger partial charge on any atom is 0.136 e. The van der Waals surface area contributed by atoms with E-state index < -0.39 is 0 Å². The summed E-state index contributed by atoms with van der Waals surface area (Å²) in [6, 6.07) is 4.25. The van der Waals surface area contributed by atoms with Crippen LogP contribution in [0.3, 0.4) is 0 Å². The zero-order chi connectivity index (χ0) is 14.7. The average Bonchev–Trinajstić information content (AvgIpc) is 2.31. The van der Waals surface area contributed by atoms with Gasteiger partial charge in [0.1, 0.15) is 12.4 Å². The number of aryl methyl sites for hydroxylation is 2. The maximum absolute atomic E-state index is 5.97. The molecule has 20 heavy (non-hydrogen) atoms. The second-order valence-corrected chi connectivity index (χ2v) is 6.61. The number of benzene rings is 1. The molecule has 1 fully saturated rings. The van der Waals surface area contributed by atoms with Crippen LogP contribution in [0.2, 0.25) is 0 Å². The van der Waals surface area contributed by atoms with Gasteiger partial charge in [0, 0.05) is 19.6 Å². The normalized spacial score (nSPS) is 23.9. The van der Waals surface area contributed by atoms with Gasteiger partial charge < -0.3 is 9.47 Å². The molecule has 112 valence electrons.